The summed E-state index contributed by atoms with van der Waals surface area (Å²) in [5, 5.41) is 3.70. The van der Waals surface area contributed by atoms with Crippen molar-refractivity contribution in [3.63, 3.8) is 0 Å². The Hall–Kier alpha value is -2.41. The maximum absolute atomic E-state index is 12.5. The van der Waals surface area contributed by atoms with Crippen LogP contribution in [0.15, 0.2) is 42.5 Å². The van der Waals surface area contributed by atoms with Gasteiger partial charge in [-0.2, -0.15) is 0 Å². The van der Waals surface area contributed by atoms with Crippen molar-refractivity contribution in [2.45, 2.75) is 32.0 Å². The highest BCUT2D eigenvalue weighted by Gasteiger charge is 2.29. The summed E-state index contributed by atoms with van der Waals surface area (Å²) in [6.45, 7) is 2.41. The van der Waals surface area contributed by atoms with E-state index in [1.54, 1.807) is 0 Å². The molecule has 1 fully saturated rings. The average Bonchev–Trinajstić information content (AvgIpc) is 3.26. The van der Waals surface area contributed by atoms with Crippen molar-refractivity contribution in [2.75, 3.05) is 0 Å². The Kier molecular flexibility index (Phi) is 4.63. The number of aromatic nitrogens is 2. The number of hydrazine groups is 1. The van der Waals surface area contributed by atoms with Gasteiger partial charge in [-0.05, 0) is 48.7 Å². The first kappa shape index (κ1) is 17.0. The molecule has 0 radical (unpaired) electrons. The first-order valence-corrected chi connectivity index (χ1v) is 8.96. The molecular weight excluding hydrogens is 350 g/mol. The minimum atomic E-state index is -0.270. The number of aromatic amines is 1. The smallest absolute Gasteiger partial charge is 0.238 e. The van der Waals surface area contributed by atoms with Crippen molar-refractivity contribution < 1.29 is 4.79 Å². The number of rotatable bonds is 4. The predicted molar refractivity (Wildman–Crippen MR) is 102 cm³/mol. The number of benzene rings is 2. The number of halogens is 1. The van der Waals surface area contributed by atoms with Crippen LogP contribution in [0.25, 0.3) is 11.0 Å². The van der Waals surface area contributed by atoms with Crippen LogP contribution >= 0.6 is 11.6 Å². The zero-order chi connectivity index (χ0) is 18.1. The second-order valence-electron chi connectivity index (χ2n) is 6.57. The van der Waals surface area contributed by atoms with Gasteiger partial charge in [-0.1, -0.05) is 29.8 Å². The van der Waals surface area contributed by atoms with Gasteiger partial charge in [0.25, 0.3) is 0 Å². The summed E-state index contributed by atoms with van der Waals surface area (Å²) >= 11 is 5.93. The molecule has 134 valence electrons. The van der Waals surface area contributed by atoms with Gasteiger partial charge in [0.1, 0.15) is 11.9 Å². The molecule has 0 saturated carbocycles. The number of imidazole rings is 1. The fourth-order valence-corrected chi connectivity index (χ4v) is 3.37. The SMILES string of the molecule is Cc1nc2ccc(CNC(=O)C3CC(c4ccc(Cl)cc4)NN3)cc2[nH]1. The highest BCUT2D eigenvalue weighted by molar-refractivity contribution is 6.30. The topological polar surface area (TPSA) is 81.8 Å². The van der Waals surface area contributed by atoms with Crippen LogP contribution in [0, 0.1) is 6.92 Å². The molecule has 1 amide bonds. The predicted octanol–water partition coefficient (Wildman–Crippen LogP) is 2.75. The zero-order valence-electron chi connectivity index (χ0n) is 14.3. The molecule has 0 aliphatic carbocycles. The van der Waals surface area contributed by atoms with Gasteiger partial charge in [0, 0.05) is 17.6 Å². The summed E-state index contributed by atoms with van der Waals surface area (Å²) in [5.41, 5.74) is 10.3. The average molecular weight is 370 g/mol. The number of hydrogen-bond acceptors (Lipinski definition) is 4. The van der Waals surface area contributed by atoms with Gasteiger partial charge in [0.05, 0.1) is 11.0 Å². The van der Waals surface area contributed by atoms with Crippen LogP contribution < -0.4 is 16.2 Å². The molecule has 1 aliphatic heterocycles. The molecule has 1 aliphatic rings. The van der Waals surface area contributed by atoms with E-state index in [0.717, 1.165) is 28.0 Å². The summed E-state index contributed by atoms with van der Waals surface area (Å²) in [7, 11) is 0. The number of nitrogens with one attached hydrogen (secondary N) is 4. The minimum Gasteiger partial charge on any atom is -0.351 e. The van der Waals surface area contributed by atoms with Gasteiger partial charge >= 0.3 is 0 Å². The minimum absolute atomic E-state index is 0.0187. The maximum Gasteiger partial charge on any atom is 0.238 e. The Labute approximate surface area is 156 Å². The lowest BCUT2D eigenvalue weighted by Crippen LogP contribution is -2.42. The first-order chi connectivity index (χ1) is 12.6. The molecule has 4 rings (SSSR count). The summed E-state index contributed by atoms with van der Waals surface area (Å²) in [6, 6.07) is 13.5. The molecule has 7 heteroatoms. The van der Waals surface area contributed by atoms with Gasteiger partial charge in [-0.25, -0.2) is 15.8 Å². The molecule has 1 aromatic heterocycles. The second kappa shape index (κ2) is 7.07. The lowest BCUT2D eigenvalue weighted by atomic mass is 10.0. The van der Waals surface area contributed by atoms with E-state index in [1.165, 1.54) is 0 Å². The van der Waals surface area contributed by atoms with Crippen LogP contribution in [-0.2, 0) is 11.3 Å². The molecule has 0 spiro atoms. The van der Waals surface area contributed by atoms with Crippen molar-refractivity contribution in [1.29, 1.82) is 0 Å². The summed E-state index contributed by atoms with van der Waals surface area (Å²) < 4.78 is 0. The van der Waals surface area contributed by atoms with Gasteiger partial charge < -0.3 is 10.3 Å². The van der Waals surface area contributed by atoms with Crippen LogP contribution in [0.3, 0.4) is 0 Å². The molecule has 2 heterocycles. The Morgan fingerprint density at radius 2 is 2.04 bits per heavy atom. The van der Waals surface area contributed by atoms with Crippen molar-refractivity contribution in [2.24, 2.45) is 0 Å². The molecule has 4 N–H and O–H groups in total. The lowest BCUT2D eigenvalue weighted by Gasteiger charge is -2.11. The Morgan fingerprint density at radius 1 is 1.23 bits per heavy atom. The summed E-state index contributed by atoms with van der Waals surface area (Å²) in [6.07, 6.45) is 0.687. The number of fused-ring (bicyclic) bond motifs is 1. The molecule has 0 bridgehead atoms. The van der Waals surface area contributed by atoms with Gasteiger partial charge in [0.2, 0.25) is 5.91 Å². The number of amides is 1. The van der Waals surface area contributed by atoms with Gasteiger partial charge in [0.15, 0.2) is 0 Å². The zero-order valence-corrected chi connectivity index (χ0v) is 15.1. The molecular formula is C19H20ClN5O. The fraction of sp³-hybridized carbons (Fsp3) is 0.263. The third kappa shape index (κ3) is 3.58. The van der Waals surface area contributed by atoms with Crippen LogP contribution in [-0.4, -0.2) is 21.9 Å². The van der Waals surface area contributed by atoms with Crippen molar-refractivity contribution in [3.05, 3.63) is 64.4 Å². The Bertz CT molecular complexity index is 937. The number of aryl methyl sites for hydroxylation is 1. The lowest BCUT2D eigenvalue weighted by molar-refractivity contribution is -0.123. The molecule has 2 unspecified atom stereocenters. The number of nitrogens with zero attached hydrogens (tertiary/aromatic N) is 1. The van der Waals surface area contributed by atoms with E-state index in [4.69, 9.17) is 11.6 Å². The number of H-pyrrole nitrogens is 1. The standard InChI is InChI=1S/C19H20ClN5O/c1-11-22-15-7-2-12(8-17(15)23-11)10-21-19(26)18-9-16(24-25-18)13-3-5-14(20)6-4-13/h2-8,16,18,24-25H,9-10H2,1H3,(H,21,26)(H,22,23). The van der Waals surface area contributed by atoms with Gasteiger partial charge in [-0.3, -0.25) is 4.79 Å². The molecule has 2 aromatic carbocycles. The first-order valence-electron chi connectivity index (χ1n) is 8.58. The van der Waals surface area contributed by atoms with Crippen molar-refractivity contribution in [1.82, 2.24) is 26.1 Å². The van der Waals surface area contributed by atoms with E-state index in [2.05, 4.69) is 26.1 Å². The highest BCUT2D eigenvalue weighted by Crippen LogP contribution is 2.23. The summed E-state index contributed by atoms with van der Waals surface area (Å²) in [5.74, 6) is 0.866. The van der Waals surface area contributed by atoms with E-state index in [0.29, 0.717) is 18.0 Å². The van der Waals surface area contributed by atoms with Crippen LogP contribution in [0.4, 0.5) is 0 Å². The van der Waals surface area contributed by atoms with Crippen molar-refractivity contribution >= 4 is 28.5 Å². The Balaban J connectivity index is 1.35. The Morgan fingerprint density at radius 3 is 2.85 bits per heavy atom. The van der Waals surface area contributed by atoms with Crippen LogP contribution in [0.5, 0.6) is 0 Å². The monoisotopic (exact) mass is 369 g/mol. The summed E-state index contributed by atoms with van der Waals surface area (Å²) in [4.78, 5) is 20.1. The van der Waals surface area contributed by atoms with E-state index in [9.17, 15) is 4.79 Å². The van der Waals surface area contributed by atoms with Crippen LogP contribution in [0.2, 0.25) is 5.02 Å². The third-order valence-electron chi connectivity index (χ3n) is 4.62. The van der Waals surface area contributed by atoms with Crippen LogP contribution in [0.1, 0.15) is 29.4 Å². The normalized spacial score (nSPS) is 19.8. The quantitative estimate of drug-likeness (QED) is 0.570. The van der Waals surface area contributed by atoms with Gasteiger partial charge in [-0.15, -0.1) is 0 Å². The highest BCUT2D eigenvalue weighted by atomic mass is 35.5. The fourth-order valence-electron chi connectivity index (χ4n) is 3.25. The number of hydrogen-bond donors (Lipinski definition) is 4. The number of carbonyl (C=O) groups excluding carboxylic acids is 1. The third-order valence-corrected chi connectivity index (χ3v) is 4.88. The molecule has 3 aromatic rings. The maximum atomic E-state index is 12.5. The second-order valence-corrected chi connectivity index (χ2v) is 7.01. The van der Waals surface area contributed by atoms with Crippen molar-refractivity contribution in [3.8, 4) is 0 Å². The molecule has 6 nitrogen and oxygen atoms in total. The van der Waals surface area contributed by atoms with E-state index in [1.807, 2.05) is 49.4 Å². The largest absolute Gasteiger partial charge is 0.351 e. The molecule has 1 saturated heterocycles. The molecule has 2 atom stereocenters. The molecule has 26 heavy (non-hydrogen) atoms. The van der Waals surface area contributed by atoms with E-state index < -0.39 is 0 Å². The van der Waals surface area contributed by atoms with E-state index in [-0.39, 0.29) is 18.0 Å². The number of carbonyl (C=O) groups is 1. The van der Waals surface area contributed by atoms with E-state index >= 15 is 0 Å².